The van der Waals surface area contributed by atoms with E-state index in [2.05, 4.69) is 138 Å². The average molecular weight is 505 g/mol. The van der Waals surface area contributed by atoms with Crippen LogP contribution < -0.4 is 10.2 Å². The largest absolute Gasteiger partial charge is 0.326 e. The first-order valence-corrected chi connectivity index (χ1v) is 13.7. The van der Waals surface area contributed by atoms with Crippen LogP contribution in [0.1, 0.15) is 81.5 Å². The van der Waals surface area contributed by atoms with Crippen LogP contribution in [0.4, 0.5) is 16.2 Å². The van der Waals surface area contributed by atoms with Gasteiger partial charge in [-0.1, -0.05) is 126 Å². The minimum absolute atomic E-state index is 0.121. The molecule has 196 valence electrons. The predicted octanol–water partition coefficient (Wildman–Crippen LogP) is 9.96. The molecule has 4 rings (SSSR count). The fourth-order valence-electron chi connectivity index (χ4n) is 4.81. The van der Waals surface area contributed by atoms with Gasteiger partial charge < -0.3 is 5.32 Å². The highest BCUT2D eigenvalue weighted by atomic mass is 16.2. The average Bonchev–Trinajstić information content (AvgIpc) is 2.92. The number of amides is 2. The summed E-state index contributed by atoms with van der Waals surface area (Å²) < 4.78 is 0. The Bertz CT molecular complexity index is 1310. The van der Waals surface area contributed by atoms with Crippen molar-refractivity contribution in [3.63, 3.8) is 0 Å². The molecule has 1 N–H and O–H groups in total. The van der Waals surface area contributed by atoms with Gasteiger partial charge in [0.1, 0.15) is 0 Å². The molecule has 0 fully saturated rings. The van der Waals surface area contributed by atoms with Crippen molar-refractivity contribution in [3.8, 4) is 11.1 Å². The van der Waals surface area contributed by atoms with E-state index in [1.165, 1.54) is 16.7 Å². The number of nitrogens with one attached hydrogen (secondary N) is 1. The number of hydrogen-bond donors (Lipinski definition) is 1. The van der Waals surface area contributed by atoms with Gasteiger partial charge in [0.25, 0.3) is 0 Å². The Morgan fingerprint density at radius 2 is 1.18 bits per heavy atom. The molecule has 0 aliphatic rings. The molecule has 0 aliphatic carbocycles. The highest BCUT2D eigenvalue weighted by Gasteiger charge is 2.21. The molecule has 0 heterocycles. The molecule has 0 unspecified atom stereocenters. The maximum atomic E-state index is 14.0. The zero-order valence-electron chi connectivity index (χ0n) is 23.5. The van der Waals surface area contributed by atoms with Gasteiger partial charge in [-0.15, -0.1) is 0 Å². The van der Waals surface area contributed by atoms with E-state index >= 15 is 0 Å². The summed E-state index contributed by atoms with van der Waals surface area (Å²) in [6, 6.07) is 33.5. The van der Waals surface area contributed by atoms with Crippen molar-refractivity contribution in [1.29, 1.82) is 0 Å². The van der Waals surface area contributed by atoms with Crippen molar-refractivity contribution in [2.75, 3.05) is 10.2 Å². The molecule has 4 aromatic rings. The molecule has 0 spiro atoms. The molecule has 0 saturated heterocycles. The molecule has 2 amide bonds. The first-order chi connectivity index (χ1) is 18.2. The number of carbonyl (C=O) groups is 1. The Morgan fingerprint density at radius 3 is 1.71 bits per heavy atom. The monoisotopic (exact) mass is 504 g/mol. The number of carbonyl (C=O) groups excluding carboxylic acids is 1. The first kappa shape index (κ1) is 27.2. The highest BCUT2D eigenvalue weighted by molar-refractivity contribution is 6.02. The molecular formula is C35H40N2O. The van der Waals surface area contributed by atoms with Crippen molar-refractivity contribution in [1.82, 2.24) is 0 Å². The zero-order valence-corrected chi connectivity index (χ0v) is 23.5. The van der Waals surface area contributed by atoms with Crippen LogP contribution in [0, 0.1) is 0 Å². The van der Waals surface area contributed by atoms with Gasteiger partial charge in [-0.05, 0) is 63.3 Å². The molecular weight excluding hydrogens is 464 g/mol. The lowest BCUT2D eigenvalue weighted by Crippen LogP contribution is -2.35. The first-order valence-electron chi connectivity index (χ1n) is 13.7. The molecule has 3 nitrogen and oxygen atoms in total. The van der Waals surface area contributed by atoms with E-state index in [0.29, 0.717) is 24.3 Å². The number of anilines is 2. The fraction of sp³-hybridized carbons (Fsp3) is 0.286. The molecule has 4 aromatic carbocycles. The fourth-order valence-corrected chi connectivity index (χ4v) is 4.81. The van der Waals surface area contributed by atoms with Gasteiger partial charge in [0, 0.05) is 11.4 Å². The smallest absolute Gasteiger partial charge is 0.307 e. The topological polar surface area (TPSA) is 32.3 Å². The Hall–Kier alpha value is -3.85. The quantitative estimate of drug-likeness (QED) is 0.254. The molecule has 0 atom stereocenters. The van der Waals surface area contributed by atoms with Crippen LogP contribution in [0.3, 0.4) is 0 Å². The standard InChI is InChI=1S/C35H40N2O/c1-24(2)28-19-21-31(22-20-28)37(23-27-15-17-30(18-16-27)29-11-8-7-9-12-29)35(38)36-34-32(25(3)4)13-10-14-33(34)26(5)6/h7-22,24-26H,23H2,1-6H3,(H,36,38). The van der Waals surface area contributed by atoms with Crippen LogP contribution in [0.15, 0.2) is 97.1 Å². The van der Waals surface area contributed by atoms with E-state index in [1.54, 1.807) is 0 Å². The maximum absolute atomic E-state index is 14.0. The Labute approximate surface area is 228 Å². The number of hydrogen-bond acceptors (Lipinski definition) is 1. The predicted molar refractivity (Wildman–Crippen MR) is 162 cm³/mol. The van der Waals surface area contributed by atoms with Crippen LogP contribution >= 0.6 is 0 Å². The number of nitrogens with zero attached hydrogens (tertiary/aromatic N) is 1. The molecule has 0 aliphatic heterocycles. The van der Waals surface area contributed by atoms with Crippen molar-refractivity contribution >= 4 is 17.4 Å². The molecule has 0 aromatic heterocycles. The van der Waals surface area contributed by atoms with E-state index in [0.717, 1.165) is 28.1 Å². The van der Waals surface area contributed by atoms with Crippen LogP contribution in [-0.4, -0.2) is 6.03 Å². The minimum atomic E-state index is -0.121. The molecule has 0 saturated carbocycles. The van der Waals surface area contributed by atoms with E-state index in [9.17, 15) is 4.79 Å². The van der Waals surface area contributed by atoms with Gasteiger partial charge in [-0.25, -0.2) is 4.79 Å². The van der Waals surface area contributed by atoms with Crippen molar-refractivity contribution in [2.45, 2.75) is 65.8 Å². The molecule has 0 radical (unpaired) electrons. The van der Waals surface area contributed by atoms with E-state index < -0.39 is 0 Å². The van der Waals surface area contributed by atoms with E-state index in [-0.39, 0.29) is 6.03 Å². The zero-order chi connectivity index (χ0) is 27.2. The second-order valence-corrected chi connectivity index (χ2v) is 10.9. The van der Waals surface area contributed by atoms with Crippen LogP contribution in [0.25, 0.3) is 11.1 Å². The summed E-state index contributed by atoms with van der Waals surface area (Å²) in [6.45, 7) is 13.5. The molecule has 3 heteroatoms. The van der Waals surface area contributed by atoms with Crippen molar-refractivity contribution < 1.29 is 4.79 Å². The number of urea groups is 1. The Balaban J connectivity index is 1.68. The van der Waals surface area contributed by atoms with E-state index in [1.807, 2.05) is 11.0 Å². The lowest BCUT2D eigenvalue weighted by atomic mass is 9.92. The Kier molecular flexibility index (Phi) is 8.68. The molecule has 0 bridgehead atoms. The summed E-state index contributed by atoms with van der Waals surface area (Å²) >= 11 is 0. The lowest BCUT2D eigenvalue weighted by Gasteiger charge is -2.27. The Morgan fingerprint density at radius 1 is 0.632 bits per heavy atom. The summed E-state index contributed by atoms with van der Waals surface area (Å²) in [5.41, 5.74) is 8.82. The van der Waals surface area contributed by atoms with Crippen LogP contribution in [-0.2, 0) is 6.54 Å². The lowest BCUT2D eigenvalue weighted by molar-refractivity contribution is 0.256. The normalized spacial score (nSPS) is 11.3. The van der Waals surface area contributed by atoms with Gasteiger partial charge in [0.2, 0.25) is 0 Å². The summed E-state index contributed by atoms with van der Waals surface area (Å²) in [6.07, 6.45) is 0. The van der Waals surface area contributed by atoms with Gasteiger partial charge >= 0.3 is 6.03 Å². The van der Waals surface area contributed by atoms with Gasteiger partial charge in [0.15, 0.2) is 0 Å². The summed E-state index contributed by atoms with van der Waals surface area (Å²) in [5, 5.41) is 3.32. The summed E-state index contributed by atoms with van der Waals surface area (Å²) in [5.74, 6) is 1.03. The highest BCUT2D eigenvalue weighted by Crippen LogP contribution is 2.33. The van der Waals surface area contributed by atoms with Crippen molar-refractivity contribution in [2.24, 2.45) is 0 Å². The van der Waals surface area contributed by atoms with Crippen molar-refractivity contribution in [3.05, 3.63) is 119 Å². The second kappa shape index (κ2) is 12.1. The van der Waals surface area contributed by atoms with Gasteiger partial charge in [-0.3, -0.25) is 4.90 Å². The molecule has 38 heavy (non-hydrogen) atoms. The van der Waals surface area contributed by atoms with E-state index in [4.69, 9.17) is 0 Å². The van der Waals surface area contributed by atoms with Gasteiger partial charge in [0.05, 0.1) is 6.54 Å². The minimum Gasteiger partial charge on any atom is -0.307 e. The summed E-state index contributed by atoms with van der Waals surface area (Å²) in [7, 11) is 0. The third kappa shape index (κ3) is 6.34. The number of para-hydroxylation sites is 1. The second-order valence-electron chi connectivity index (χ2n) is 10.9. The SMILES string of the molecule is CC(C)c1ccc(N(Cc2ccc(-c3ccccc3)cc2)C(=O)Nc2c(C(C)C)cccc2C(C)C)cc1. The maximum Gasteiger partial charge on any atom is 0.326 e. The summed E-state index contributed by atoms with van der Waals surface area (Å²) in [4.78, 5) is 15.8. The third-order valence-electron chi connectivity index (χ3n) is 7.12. The third-order valence-corrected chi connectivity index (χ3v) is 7.12. The van der Waals surface area contributed by atoms with Gasteiger partial charge in [-0.2, -0.15) is 0 Å². The van der Waals surface area contributed by atoms with Crippen LogP contribution in [0.2, 0.25) is 0 Å². The number of benzene rings is 4. The van der Waals surface area contributed by atoms with Crippen LogP contribution in [0.5, 0.6) is 0 Å². The number of rotatable bonds is 8.